The van der Waals surface area contributed by atoms with E-state index in [1.54, 1.807) is 30.3 Å². The zero-order chi connectivity index (χ0) is 17.6. The molecular weight excluding hydrogens is 314 g/mol. The van der Waals surface area contributed by atoms with Gasteiger partial charge in [0.1, 0.15) is 6.61 Å². The van der Waals surface area contributed by atoms with Crippen molar-refractivity contribution in [2.45, 2.75) is 6.61 Å². The highest BCUT2D eigenvalue weighted by atomic mass is 16.5. The molecule has 0 bridgehead atoms. The fourth-order valence-electron chi connectivity index (χ4n) is 2.52. The number of anilines is 3. The molecule has 0 fully saturated rings. The van der Waals surface area contributed by atoms with Crippen LogP contribution in [0.4, 0.5) is 21.9 Å². The Morgan fingerprint density at radius 3 is 2.32 bits per heavy atom. The van der Waals surface area contributed by atoms with E-state index in [1.807, 2.05) is 42.5 Å². The molecule has 126 valence electrons. The molecule has 1 amide bonds. The molecule has 5 nitrogen and oxygen atoms in total. The highest BCUT2D eigenvalue weighted by molar-refractivity contribution is 5.95. The van der Waals surface area contributed by atoms with Crippen LogP contribution in [0, 0.1) is 0 Å². The Morgan fingerprint density at radius 1 is 0.880 bits per heavy atom. The van der Waals surface area contributed by atoms with Crippen LogP contribution in [-0.2, 0) is 11.3 Å². The Kier molecular flexibility index (Phi) is 4.85. The van der Waals surface area contributed by atoms with Crippen LogP contribution in [0.5, 0.6) is 0 Å². The number of carbonyl (C=O) groups is 1. The number of carbonyl (C=O) groups excluding carboxylic acids is 1. The number of ether oxygens (including phenoxy) is 1. The number of benzene rings is 3. The maximum atomic E-state index is 12.1. The van der Waals surface area contributed by atoms with E-state index >= 15 is 0 Å². The van der Waals surface area contributed by atoms with Crippen molar-refractivity contribution in [3.8, 4) is 11.1 Å². The van der Waals surface area contributed by atoms with Crippen molar-refractivity contribution < 1.29 is 9.53 Å². The number of nitrogens with one attached hydrogen (secondary N) is 1. The van der Waals surface area contributed by atoms with Crippen LogP contribution >= 0.6 is 0 Å². The number of hydrogen-bond acceptors (Lipinski definition) is 4. The molecular formula is C20H19N3O2. The average molecular weight is 333 g/mol. The van der Waals surface area contributed by atoms with Gasteiger partial charge in [-0.2, -0.15) is 0 Å². The third kappa shape index (κ3) is 4.09. The lowest BCUT2D eigenvalue weighted by molar-refractivity contribution is 0.155. The molecule has 0 saturated carbocycles. The summed E-state index contributed by atoms with van der Waals surface area (Å²) in [4.78, 5) is 12.1. The third-order valence-electron chi connectivity index (χ3n) is 3.75. The molecule has 0 aliphatic rings. The van der Waals surface area contributed by atoms with Crippen molar-refractivity contribution in [2.24, 2.45) is 0 Å². The lowest BCUT2D eigenvalue weighted by Gasteiger charge is -2.14. The highest BCUT2D eigenvalue weighted by Crippen LogP contribution is 2.34. The van der Waals surface area contributed by atoms with Gasteiger partial charge in [-0.25, -0.2) is 4.79 Å². The van der Waals surface area contributed by atoms with Crippen LogP contribution in [0.2, 0.25) is 0 Å². The van der Waals surface area contributed by atoms with Crippen LogP contribution in [0.1, 0.15) is 5.56 Å². The van der Waals surface area contributed by atoms with E-state index in [2.05, 4.69) is 5.32 Å². The van der Waals surface area contributed by atoms with Crippen LogP contribution < -0.4 is 16.8 Å². The quantitative estimate of drug-likeness (QED) is 0.622. The lowest BCUT2D eigenvalue weighted by atomic mass is 10.0. The van der Waals surface area contributed by atoms with Gasteiger partial charge in [-0.1, -0.05) is 48.5 Å². The summed E-state index contributed by atoms with van der Waals surface area (Å²) in [7, 11) is 0. The Labute approximate surface area is 146 Å². The molecule has 0 aliphatic heterocycles. The molecule has 0 unspecified atom stereocenters. The van der Waals surface area contributed by atoms with Gasteiger partial charge >= 0.3 is 6.09 Å². The number of amides is 1. The van der Waals surface area contributed by atoms with Crippen LogP contribution in [0.15, 0.2) is 72.8 Å². The molecule has 25 heavy (non-hydrogen) atoms. The minimum absolute atomic E-state index is 0.201. The fraction of sp³-hybridized carbons (Fsp3) is 0.0500. The Balaban J connectivity index is 1.77. The summed E-state index contributed by atoms with van der Waals surface area (Å²) in [6, 6.07) is 22.2. The SMILES string of the molecule is Nc1ccc(-c2c(N)cccc2NC(=O)OCc2ccccc2)cc1. The monoisotopic (exact) mass is 333 g/mol. The zero-order valence-corrected chi connectivity index (χ0v) is 13.6. The molecule has 5 heteroatoms. The first-order chi connectivity index (χ1) is 12.1. The van der Waals surface area contributed by atoms with E-state index in [9.17, 15) is 4.79 Å². The van der Waals surface area contributed by atoms with Gasteiger partial charge in [0, 0.05) is 16.9 Å². The van der Waals surface area contributed by atoms with Crippen molar-refractivity contribution in [1.82, 2.24) is 0 Å². The summed E-state index contributed by atoms with van der Waals surface area (Å²) in [6.45, 7) is 0.201. The van der Waals surface area contributed by atoms with Gasteiger partial charge in [-0.15, -0.1) is 0 Å². The second-order valence-electron chi connectivity index (χ2n) is 5.58. The first kappa shape index (κ1) is 16.4. The summed E-state index contributed by atoms with van der Waals surface area (Å²) >= 11 is 0. The first-order valence-corrected chi connectivity index (χ1v) is 7.85. The van der Waals surface area contributed by atoms with E-state index in [0.29, 0.717) is 17.1 Å². The van der Waals surface area contributed by atoms with Crippen LogP contribution in [-0.4, -0.2) is 6.09 Å². The van der Waals surface area contributed by atoms with Crippen LogP contribution in [0.3, 0.4) is 0 Å². The van der Waals surface area contributed by atoms with Gasteiger partial charge in [0.25, 0.3) is 0 Å². The van der Waals surface area contributed by atoms with E-state index in [1.165, 1.54) is 0 Å². The summed E-state index contributed by atoms with van der Waals surface area (Å²) in [5, 5.41) is 2.76. The molecule has 3 rings (SSSR count). The van der Waals surface area contributed by atoms with Crippen molar-refractivity contribution in [3.05, 3.63) is 78.4 Å². The second-order valence-corrected chi connectivity index (χ2v) is 5.58. The molecule has 0 aromatic heterocycles. The maximum Gasteiger partial charge on any atom is 0.411 e. The molecule has 0 aliphatic carbocycles. The molecule has 0 spiro atoms. The minimum atomic E-state index is -0.536. The van der Waals surface area contributed by atoms with Crippen molar-refractivity contribution in [1.29, 1.82) is 0 Å². The fourth-order valence-corrected chi connectivity index (χ4v) is 2.52. The topological polar surface area (TPSA) is 90.4 Å². The number of nitrogen functional groups attached to an aromatic ring is 2. The molecule has 0 saturated heterocycles. The predicted octanol–water partition coefficient (Wildman–Crippen LogP) is 4.27. The Bertz CT molecular complexity index is 862. The summed E-state index contributed by atoms with van der Waals surface area (Å²) in [6.07, 6.45) is -0.536. The number of nitrogens with two attached hydrogens (primary N) is 2. The predicted molar refractivity (Wildman–Crippen MR) is 101 cm³/mol. The molecule has 0 heterocycles. The van der Waals surface area contributed by atoms with Gasteiger partial charge in [0.05, 0.1) is 5.69 Å². The minimum Gasteiger partial charge on any atom is -0.444 e. The van der Waals surface area contributed by atoms with Crippen molar-refractivity contribution in [3.63, 3.8) is 0 Å². The van der Waals surface area contributed by atoms with E-state index in [0.717, 1.165) is 16.7 Å². The highest BCUT2D eigenvalue weighted by Gasteiger charge is 2.12. The molecule has 3 aromatic carbocycles. The van der Waals surface area contributed by atoms with Crippen molar-refractivity contribution >= 4 is 23.2 Å². The number of rotatable bonds is 4. The van der Waals surface area contributed by atoms with Gasteiger partial charge in [-0.3, -0.25) is 5.32 Å². The van der Waals surface area contributed by atoms with Crippen LogP contribution in [0.25, 0.3) is 11.1 Å². The Morgan fingerprint density at radius 2 is 1.60 bits per heavy atom. The molecule has 3 aromatic rings. The van der Waals surface area contributed by atoms with E-state index in [4.69, 9.17) is 16.2 Å². The largest absolute Gasteiger partial charge is 0.444 e. The Hall–Kier alpha value is -3.47. The first-order valence-electron chi connectivity index (χ1n) is 7.85. The smallest absolute Gasteiger partial charge is 0.411 e. The van der Waals surface area contributed by atoms with E-state index < -0.39 is 6.09 Å². The maximum absolute atomic E-state index is 12.1. The number of hydrogen-bond donors (Lipinski definition) is 3. The molecule has 0 atom stereocenters. The summed E-state index contributed by atoms with van der Waals surface area (Å²) in [5.41, 5.74) is 16.2. The summed E-state index contributed by atoms with van der Waals surface area (Å²) < 4.78 is 5.27. The zero-order valence-electron chi connectivity index (χ0n) is 13.6. The second kappa shape index (κ2) is 7.40. The molecule has 0 radical (unpaired) electrons. The van der Waals surface area contributed by atoms with Crippen molar-refractivity contribution in [2.75, 3.05) is 16.8 Å². The lowest BCUT2D eigenvalue weighted by Crippen LogP contribution is -2.14. The standard InChI is InChI=1S/C20H19N3O2/c21-16-11-9-15(10-12-16)19-17(22)7-4-8-18(19)23-20(24)25-13-14-5-2-1-3-6-14/h1-12H,13,21-22H2,(H,23,24). The van der Waals surface area contributed by atoms with E-state index in [-0.39, 0.29) is 6.61 Å². The summed E-state index contributed by atoms with van der Waals surface area (Å²) in [5.74, 6) is 0. The van der Waals surface area contributed by atoms with Gasteiger partial charge < -0.3 is 16.2 Å². The third-order valence-corrected chi connectivity index (χ3v) is 3.75. The van der Waals surface area contributed by atoms with Gasteiger partial charge in [-0.05, 0) is 35.4 Å². The average Bonchev–Trinajstić information content (AvgIpc) is 2.62. The van der Waals surface area contributed by atoms with Gasteiger partial charge in [0.2, 0.25) is 0 Å². The van der Waals surface area contributed by atoms with Gasteiger partial charge in [0.15, 0.2) is 0 Å². The molecule has 5 N–H and O–H groups in total. The normalized spacial score (nSPS) is 10.2.